The van der Waals surface area contributed by atoms with Crippen LogP contribution in [-0.4, -0.2) is 32.6 Å². The van der Waals surface area contributed by atoms with Crippen molar-refractivity contribution in [3.8, 4) is 0 Å². The number of sulfonamides is 1. The maximum absolute atomic E-state index is 13.1. The maximum Gasteiger partial charge on any atom is 0.283 e. The van der Waals surface area contributed by atoms with Gasteiger partial charge in [-0.1, -0.05) is 0 Å². The van der Waals surface area contributed by atoms with Crippen molar-refractivity contribution in [2.75, 3.05) is 13.2 Å². The summed E-state index contributed by atoms with van der Waals surface area (Å²) in [5.74, 6) is -4.15. The molecule has 0 unspecified atom stereocenters. The molecule has 0 atom stereocenters. The minimum absolute atomic E-state index is 0.123. The zero-order valence-electron chi connectivity index (χ0n) is 10.4. The average Bonchev–Trinajstić information content (AvgIpc) is 2.25. The SMILES string of the molecule is Cc1cc(F)cc(C)c1S(=O)(=O)NCC(F)(F)CO. The molecule has 0 radical (unpaired) electrons. The van der Waals surface area contributed by atoms with Gasteiger partial charge in [0.15, 0.2) is 0 Å². The normalized spacial score (nSPS) is 12.7. The number of benzene rings is 1. The number of hydrogen-bond donors (Lipinski definition) is 2. The van der Waals surface area contributed by atoms with Crippen molar-refractivity contribution in [3.63, 3.8) is 0 Å². The van der Waals surface area contributed by atoms with Crippen LogP contribution in [0.15, 0.2) is 17.0 Å². The van der Waals surface area contributed by atoms with E-state index in [2.05, 4.69) is 0 Å². The minimum atomic E-state index is -4.19. The van der Waals surface area contributed by atoms with E-state index in [9.17, 15) is 21.6 Å². The standard InChI is InChI=1S/C11H14F3NO3S/c1-7-3-9(12)4-8(2)10(7)19(17,18)15-5-11(13,14)6-16/h3-4,15-16H,5-6H2,1-2H3. The molecule has 0 amide bonds. The lowest BCUT2D eigenvalue weighted by Crippen LogP contribution is -2.39. The van der Waals surface area contributed by atoms with E-state index in [1.54, 1.807) is 4.72 Å². The first-order valence-corrected chi connectivity index (χ1v) is 6.82. The molecule has 1 aromatic carbocycles. The Labute approximate surface area is 109 Å². The van der Waals surface area contributed by atoms with Crippen molar-refractivity contribution in [2.24, 2.45) is 0 Å². The van der Waals surface area contributed by atoms with Gasteiger partial charge in [-0.15, -0.1) is 0 Å². The van der Waals surface area contributed by atoms with Gasteiger partial charge in [0.1, 0.15) is 12.4 Å². The second kappa shape index (κ2) is 5.48. The summed E-state index contributed by atoms with van der Waals surface area (Å²) in [7, 11) is -4.19. The molecule has 1 rings (SSSR count). The lowest BCUT2D eigenvalue weighted by Gasteiger charge is -2.16. The Kier molecular flexibility index (Phi) is 4.59. The fourth-order valence-corrected chi connectivity index (χ4v) is 3.16. The van der Waals surface area contributed by atoms with Crippen LogP contribution in [0.3, 0.4) is 0 Å². The molecular weight excluding hydrogens is 283 g/mol. The summed E-state index contributed by atoms with van der Waals surface area (Å²) in [6.45, 7) is 0.0582. The first-order valence-electron chi connectivity index (χ1n) is 5.34. The molecule has 1 aromatic rings. The van der Waals surface area contributed by atoms with Crippen LogP contribution in [0.5, 0.6) is 0 Å². The Hall–Kier alpha value is -1.12. The Morgan fingerprint density at radius 2 is 1.74 bits per heavy atom. The number of aliphatic hydroxyl groups excluding tert-OH is 1. The molecule has 8 heteroatoms. The summed E-state index contributed by atoms with van der Waals surface area (Å²) in [6.07, 6.45) is 0. The summed E-state index contributed by atoms with van der Waals surface area (Å²) in [5.41, 5.74) is 0.245. The van der Waals surface area contributed by atoms with Gasteiger partial charge in [0.25, 0.3) is 5.92 Å². The van der Waals surface area contributed by atoms with Crippen LogP contribution in [-0.2, 0) is 10.0 Å². The summed E-state index contributed by atoms with van der Waals surface area (Å²) < 4.78 is 64.2. The smallest absolute Gasteiger partial charge is 0.283 e. The number of nitrogens with one attached hydrogen (secondary N) is 1. The van der Waals surface area contributed by atoms with Crippen LogP contribution in [0, 0.1) is 19.7 Å². The topological polar surface area (TPSA) is 66.4 Å². The van der Waals surface area contributed by atoms with Crippen LogP contribution in [0.25, 0.3) is 0 Å². The number of rotatable bonds is 5. The molecule has 0 aliphatic heterocycles. The van der Waals surface area contributed by atoms with E-state index in [0.29, 0.717) is 0 Å². The van der Waals surface area contributed by atoms with Crippen molar-refractivity contribution in [1.82, 2.24) is 4.72 Å². The van der Waals surface area contributed by atoms with Gasteiger partial charge in [0, 0.05) is 0 Å². The summed E-state index contributed by atoms with van der Waals surface area (Å²) >= 11 is 0. The Morgan fingerprint density at radius 3 is 2.16 bits per heavy atom. The molecule has 0 bridgehead atoms. The summed E-state index contributed by atoms with van der Waals surface area (Å²) in [6, 6.07) is 2.01. The molecule has 108 valence electrons. The molecule has 0 saturated carbocycles. The van der Waals surface area contributed by atoms with Gasteiger partial charge in [-0.25, -0.2) is 26.3 Å². The molecule has 0 aromatic heterocycles. The molecule has 4 nitrogen and oxygen atoms in total. The molecule has 2 N–H and O–H groups in total. The Bertz CT molecular complexity index is 550. The summed E-state index contributed by atoms with van der Waals surface area (Å²) in [4.78, 5) is -0.234. The molecule has 19 heavy (non-hydrogen) atoms. The van der Waals surface area contributed by atoms with Gasteiger partial charge in [0.2, 0.25) is 10.0 Å². The molecule has 0 saturated heterocycles. The van der Waals surface area contributed by atoms with Gasteiger partial charge in [-0.05, 0) is 37.1 Å². The van der Waals surface area contributed by atoms with Gasteiger partial charge in [-0.3, -0.25) is 0 Å². The zero-order chi connectivity index (χ0) is 14.8. The van der Waals surface area contributed by atoms with E-state index in [0.717, 1.165) is 12.1 Å². The Balaban J connectivity index is 3.09. The number of aliphatic hydroxyl groups is 1. The van der Waals surface area contributed by atoms with Gasteiger partial charge >= 0.3 is 0 Å². The maximum atomic E-state index is 13.1. The average molecular weight is 297 g/mol. The zero-order valence-corrected chi connectivity index (χ0v) is 11.2. The predicted octanol–water partition coefficient (Wildman–Crippen LogP) is 1.35. The Morgan fingerprint density at radius 1 is 1.26 bits per heavy atom. The third kappa shape index (κ3) is 3.92. The molecule has 0 heterocycles. The van der Waals surface area contributed by atoms with Gasteiger partial charge in [-0.2, -0.15) is 0 Å². The second-order valence-corrected chi connectivity index (χ2v) is 5.91. The molecule has 0 aliphatic rings. The van der Waals surface area contributed by atoms with Crippen molar-refractivity contribution in [2.45, 2.75) is 24.7 Å². The monoisotopic (exact) mass is 297 g/mol. The molecule has 0 fully saturated rings. The van der Waals surface area contributed by atoms with E-state index in [1.807, 2.05) is 0 Å². The van der Waals surface area contributed by atoms with Gasteiger partial charge in [0.05, 0.1) is 11.4 Å². The van der Waals surface area contributed by atoms with E-state index in [4.69, 9.17) is 5.11 Å². The van der Waals surface area contributed by atoms with Crippen molar-refractivity contribution >= 4 is 10.0 Å². The van der Waals surface area contributed by atoms with Crippen molar-refractivity contribution in [1.29, 1.82) is 0 Å². The molecular formula is C11H14F3NO3S. The van der Waals surface area contributed by atoms with E-state index in [-0.39, 0.29) is 16.0 Å². The van der Waals surface area contributed by atoms with E-state index < -0.39 is 34.9 Å². The van der Waals surface area contributed by atoms with Crippen LogP contribution in [0.1, 0.15) is 11.1 Å². The highest BCUT2D eigenvalue weighted by atomic mass is 32.2. The number of alkyl halides is 2. The number of aryl methyl sites for hydroxylation is 2. The van der Waals surface area contributed by atoms with Crippen LogP contribution < -0.4 is 4.72 Å². The highest BCUT2D eigenvalue weighted by molar-refractivity contribution is 7.89. The fourth-order valence-electron chi connectivity index (χ4n) is 1.65. The largest absolute Gasteiger partial charge is 0.390 e. The van der Waals surface area contributed by atoms with Crippen molar-refractivity contribution in [3.05, 3.63) is 29.1 Å². The molecule has 0 aliphatic carbocycles. The fraction of sp³-hybridized carbons (Fsp3) is 0.455. The number of halogens is 3. The first kappa shape index (κ1) is 15.9. The lowest BCUT2D eigenvalue weighted by atomic mass is 10.1. The van der Waals surface area contributed by atoms with Crippen LogP contribution >= 0.6 is 0 Å². The third-order valence-corrected chi connectivity index (χ3v) is 4.15. The van der Waals surface area contributed by atoms with E-state index in [1.165, 1.54) is 13.8 Å². The quantitative estimate of drug-likeness (QED) is 0.862. The number of hydrogen-bond acceptors (Lipinski definition) is 3. The lowest BCUT2D eigenvalue weighted by molar-refractivity contribution is -0.0437. The third-order valence-electron chi connectivity index (χ3n) is 2.45. The van der Waals surface area contributed by atoms with Crippen LogP contribution in [0.2, 0.25) is 0 Å². The highest BCUT2D eigenvalue weighted by Crippen LogP contribution is 2.22. The summed E-state index contributed by atoms with van der Waals surface area (Å²) in [5, 5.41) is 8.37. The van der Waals surface area contributed by atoms with Crippen LogP contribution in [0.4, 0.5) is 13.2 Å². The van der Waals surface area contributed by atoms with Crippen molar-refractivity contribution < 1.29 is 26.7 Å². The second-order valence-electron chi connectivity index (χ2n) is 4.21. The molecule has 0 spiro atoms. The predicted molar refractivity (Wildman–Crippen MR) is 63.1 cm³/mol. The minimum Gasteiger partial charge on any atom is -0.390 e. The first-order chi connectivity index (χ1) is 8.59. The van der Waals surface area contributed by atoms with Gasteiger partial charge < -0.3 is 5.11 Å². The highest BCUT2D eigenvalue weighted by Gasteiger charge is 2.31. The van der Waals surface area contributed by atoms with E-state index >= 15 is 0 Å².